The highest BCUT2D eigenvalue weighted by atomic mass is 32.2. The van der Waals surface area contributed by atoms with Gasteiger partial charge in [0.1, 0.15) is 5.69 Å². The van der Waals surface area contributed by atoms with E-state index in [9.17, 15) is 13.2 Å². The Kier molecular flexibility index (Phi) is 3.70. The van der Waals surface area contributed by atoms with Gasteiger partial charge in [-0.15, -0.1) is 0 Å². The molecule has 1 aliphatic heterocycles. The van der Waals surface area contributed by atoms with Crippen molar-refractivity contribution in [2.45, 2.75) is 24.7 Å². The molecule has 7 heteroatoms. The van der Waals surface area contributed by atoms with Crippen LogP contribution >= 0.6 is 0 Å². The number of hydrogen-bond acceptors (Lipinski definition) is 3. The molecule has 1 aromatic carbocycles. The third-order valence-electron chi connectivity index (χ3n) is 4.20. The van der Waals surface area contributed by atoms with Crippen LogP contribution in [0, 0.1) is 5.92 Å². The first-order valence-electron chi connectivity index (χ1n) is 7.24. The van der Waals surface area contributed by atoms with Crippen LogP contribution in [-0.2, 0) is 10.0 Å². The van der Waals surface area contributed by atoms with E-state index in [-0.39, 0.29) is 10.6 Å². The van der Waals surface area contributed by atoms with E-state index in [0.717, 1.165) is 12.8 Å². The third-order valence-corrected chi connectivity index (χ3v) is 6.10. The number of aromatic amines is 1. The van der Waals surface area contributed by atoms with Gasteiger partial charge >= 0.3 is 5.97 Å². The van der Waals surface area contributed by atoms with E-state index in [4.69, 9.17) is 5.11 Å². The van der Waals surface area contributed by atoms with Crippen molar-refractivity contribution in [3.63, 3.8) is 0 Å². The van der Waals surface area contributed by atoms with Crippen LogP contribution in [0.3, 0.4) is 0 Å². The Labute approximate surface area is 128 Å². The molecular formula is C15H18N2O4S. The average molecular weight is 322 g/mol. The maximum Gasteiger partial charge on any atom is 0.352 e. The van der Waals surface area contributed by atoms with Crippen LogP contribution in [-0.4, -0.2) is 41.9 Å². The monoisotopic (exact) mass is 322 g/mol. The molecule has 1 fully saturated rings. The van der Waals surface area contributed by atoms with E-state index in [1.54, 1.807) is 6.07 Å². The van der Waals surface area contributed by atoms with E-state index in [1.165, 1.54) is 22.5 Å². The van der Waals surface area contributed by atoms with Crippen LogP contribution in [0.4, 0.5) is 0 Å². The molecule has 2 heterocycles. The van der Waals surface area contributed by atoms with Crippen LogP contribution in [0.2, 0.25) is 0 Å². The Bertz CT molecular complexity index is 817. The van der Waals surface area contributed by atoms with E-state index in [0.29, 0.717) is 29.9 Å². The minimum absolute atomic E-state index is 0.0522. The Morgan fingerprint density at radius 1 is 1.27 bits per heavy atom. The molecule has 118 valence electrons. The number of aromatic carboxylic acids is 1. The van der Waals surface area contributed by atoms with Gasteiger partial charge in [-0.25, -0.2) is 13.2 Å². The number of piperidine rings is 1. The second kappa shape index (κ2) is 5.40. The predicted molar refractivity (Wildman–Crippen MR) is 82.4 cm³/mol. The van der Waals surface area contributed by atoms with Crippen LogP contribution in [0.15, 0.2) is 29.2 Å². The summed E-state index contributed by atoms with van der Waals surface area (Å²) in [6.07, 6.45) is 1.74. The van der Waals surface area contributed by atoms with Gasteiger partial charge in [-0.05, 0) is 37.0 Å². The summed E-state index contributed by atoms with van der Waals surface area (Å²) in [6.45, 7) is 3.20. The quantitative estimate of drug-likeness (QED) is 0.907. The lowest BCUT2D eigenvalue weighted by molar-refractivity contribution is 0.0691. The van der Waals surface area contributed by atoms with Crippen molar-refractivity contribution in [2.75, 3.05) is 13.1 Å². The van der Waals surface area contributed by atoms with Gasteiger partial charge in [0, 0.05) is 24.0 Å². The average Bonchev–Trinajstić information content (AvgIpc) is 2.91. The first kappa shape index (κ1) is 15.1. The van der Waals surface area contributed by atoms with Crippen molar-refractivity contribution in [2.24, 2.45) is 5.92 Å². The smallest absolute Gasteiger partial charge is 0.352 e. The lowest BCUT2D eigenvalue weighted by atomic mass is 10.0. The Morgan fingerprint density at radius 3 is 2.59 bits per heavy atom. The maximum absolute atomic E-state index is 12.7. The molecule has 0 unspecified atom stereocenters. The van der Waals surface area contributed by atoms with Crippen molar-refractivity contribution in [1.29, 1.82) is 0 Å². The van der Waals surface area contributed by atoms with Gasteiger partial charge in [-0.2, -0.15) is 4.31 Å². The lowest BCUT2D eigenvalue weighted by Gasteiger charge is -2.29. The molecule has 0 spiro atoms. The zero-order chi connectivity index (χ0) is 15.9. The Hall–Kier alpha value is -1.86. The summed E-state index contributed by atoms with van der Waals surface area (Å²) >= 11 is 0. The van der Waals surface area contributed by atoms with E-state index < -0.39 is 16.0 Å². The number of carboxylic acids is 1. The highest BCUT2D eigenvalue weighted by Crippen LogP contribution is 2.26. The van der Waals surface area contributed by atoms with Gasteiger partial charge in [-0.1, -0.05) is 13.0 Å². The minimum atomic E-state index is -3.52. The standard InChI is InChI=1S/C15H18N2O4S/c1-10-4-6-17(7-5-10)22(20,21)12-3-2-11-8-14(15(18)19)16-13(11)9-12/h2-3,8-10,16H,4-7H2,1H3,(H,18,19). The summed E-state index contributed by atoms with van der Waals surface area (Å²) in [6, 6.07) is 6.18. The van der Waals surface area contributed by atoms with Crippen LogP contribution < -0.4 is 0 Å². The fourth-order valence-electron chi connectivity index (χ4n) is 2.76. The van der Waals surface area contributed by atoms with Gasteiger partial charge in [-0.3, -0.25) is 0 Å². The van der Waals surface area contributed by atoms with Crippen molar-refractivity contribution < 1.29 is 18.3 Å². The van der Waals surface area contributed by atoms with Gasteiger partial charge in [0.25, 0.3) is 0 Å². The fourth-order valence-corrected chi connectivity index (χ4v) is 4.25. The largest absolute Gasteiger partial charge is 0.477 e. The number of carbonyl (C=O) groups is 1. The van der Waals surface area contributed by atoms with Crippen molar-refractivity contribution in [3.8, 4) is 0 Å². The molecule has 0 bridgehead atoms. The van der Waals surface area contributed by atoms with E-state index in [2.05, 4.69) is 11.9 Å². The van der Waals surface area contributed by atoms with Gasteiger partial charge in [0.2, 0.25) is 10.0 Å². The summed E-state index contributed by atoms with van der Waals surface area (Å²) in [4.78, 5) is 13.9. The SMILES string of the molecule is CC1CCN(S(=O)(=O)c2ccc3cc(C(=O)O)[nH]c3c2)CC1. The van der Waals surface area contributed by atoms with Crippen LogP contribution in [0.25, 0.3) is 10.9 Å². The number of sulfonamides is 1. The highest BCUT2D eigenvalue weighted by molar-refractivity contribution is 7.89. The second-order valence-corrected chi connectivity index (χ2v) is 7.76. The first-order valence-corrected chi connectivity index (χ1v) is 8.68. The first-order chi connectivity index (χ1) is 10.4. The molecular weight excluding hydrogens is 304 g/mol. The summed E-state index contributed by atoms with van der Waals surface area (Å²) in [5.41, 5.74) is 0.570. The number of H-pyrrole nitrogens is 1. The van der Waals surface area contributed by atoms with Gasteiger partial charge in [0.05, 0.1) is 4.90 Å². The molecule has 3 rings (SSSR count). The van der Waals surface area contributed by atoms with E-state index >= 15 is 0 Å². The van der Waals surface area contributed by atoms with Gasteiger partial charge < -0.3 is 10.1 Å². The molecule has 0 atom stereocenters. The van der Waals surface area contributed by atoms with Crippen molar-refractivity contribution in [3.05, 3.63) is 30.0 Å². The van der Waals surface area contributed by atoms with E-state index in [1.807, 2.05) is 0 Å². The molecule has 22 heavy (non-hydrogen) atoms. The molecule has 1 aliphatic rings. The third kappa shape index (κ3) is 2.62. The summed E-state index contributed by atoms with van der Waals surface area (Å²) in [5.74, 6) is -0.513. The molecule has 1 aromatic heterocycles. The highest BCUT2D eigenvalue weighted by Gasteiger charge is 2.28. The number of carboxylic acid groups (broad SMARTS) is 1. The van der Waals surface area contributed by atoms with Crippen molar-refractivity contribution >= 4 is 26.9 Å². The molecule has 2 N–H and O–H groups in total. The molecule has 0 amide bonds. The zero-order valence-corrected chi connectivity index (χ0v) is 13.1. The number of nitrogens with zero attached hydrogens (tertiary/aromatic N) is 1. The zero-order valence-electron chi connectivity index (χ0n) is 12.2. The number of nitrogens with one attached hydrogen (secondary N) is 1. The summed E-state index contributed by atoms with van der Waals surface area (Å²) in [5, 5.41) is 9.67. The summed E-state index contributed by atoms with van der Waals surface area (Å²) in [7, 11) is -3.52. The Morgan fingerprint density at radius 2 is 1.95 bits per heavy atom. The molecule has 0 aliphatic carbocycles. The number of hydrogen-bond donors (Lipinski definition) is 2. The molecule has 1 saturated heterocycles. The molecule has 2 aromatic rings. The van der Waals surface area contributed by atoms with Crippen molar-refractivity contribution in [1.82, 2.24) is 9.29 Å². The van der Waals surface area contributed by atoms with Gasteiger partial charge in [0.15, 0.2) is 0 Å². The summed E-state index contributed by atoms with van der Waals surface area (Å²) < 4.78 is 26.9. The molecule has 6 nitrogen and oxygen atoms in total. The van der Waals surface area contributed by atoms with Crippen LogP contribution in [0.1, 0.15) is 30.3 Å². The number of benzene rings is 1. The number of fused-ring (bicyclic) bond motifs is 1. The second-order valence-electron chi connectivity index (χ2n) is 5.82. The maximum atomic E-state index is 12.7. The minimum Gasteiger partial charge on any atom is -0.477 e. The lowest BCUT2D eigenvalue weighted by Crippen LogP contribution is -2.37. The normalized spacial score (nSPS) is 17.9. The predicted octanol–water partition coefficient (Wildman–Crippen LogP) is 2.29. The topological polar surface area (TPSA) is 90.5 Å². The Balaban J connectivity index is 1.96. The molecule has 0 saturated carbocycles. The number of rotatable bonds is 3. The fraction of sp³-hybridized carbons (Fsp3) is 0.400. The molecule has 0 radical (unpaired) electrons. The van der Waals surface area contributed by atoms with Crippen LogP contribution in [0.5, 0.6) is 0 Å². The number of aromatic nitrogens is 1.